The predicted octanol–water partition coefficient (Wildman–Crippen LogP) is 2.69. The van der Waals surface area contributed by atoms with Crippen LogP contribution < -0.4 is 5.32 Å². The minimum atomic E-state index is -0.319. The highest BCUT2D eigenvalue weighted by Crippen LogP contribution is 2.35. The monoisotopic (exact) mass is 375 g/mol. The van der Waals surface area contributed by atoms with Gasteiger partial charge >= 0.3 is 6.03 Å². The average Bonchev–Trinajstić information content (AvgIpc) is 3.40. The Morgan fingerprint density at radius 2 is 2.15 bits per heavy atom. The van der Waals surface area contributed by atoms with E-state index in [1.165, 1.54) is 35.9 Å². The van der Waals surface area contributed by atoms with Gasteiger partial charge in [0.2, 0.25) is 11.7 Å². The zero-order valence-corrected chi connectivity index (χ0v) is 15.2. The average molecular weight is 375 g/mol. The Morgan fingerprint density at radius 3 is 2.85 bits per heavy atom. The molecule has 1 saturated heterocycles. The molecule has 4 rings (SSSR count). The van der Waals surface area contributed by atoms with Gasteiger partial charge in [-0.3, -0.25) is 14.3 Å². The number of amides is 3. The molecule has 138 valence electrons. The van der Waals surface area contributed by atoms with Crippen molar-refractivity contribution in [3.8, 4) is 11.6 Å². The Labute approximate surface area is 155 Å². The molecule has 0 bridgehead atoms. The van der Waals surface area contributed by atoms with E-state index in [-0.39, 0.29) is 17.7 Å². The number of carbonyl (C=O) groups is 2. The van der Waals surface area contributed by atoms with Crippen LogP contribution in [0.5, 0.6) is 0 Å². The molecule has 3 heterocycles. The predicted molar refractivity (Wildman–Crippen MR) is 95.7 cm³/mol. The summed E-state index contributed by atoms with van der Waals surface area (Å²) in [6, 6.07) is 3.70. The van der Waals surface area contributed by atoms with E-state index >= 15 is 0 Å². The summed E-state index contributed by atoms with van der Waals surface area (Å²) in [5, 5.41) is 12.0. The second-order valence-electron chi connectivity index (χ2n) is 6.51. The van der Waals surface area contributed by atoms with E-state index in [4.69, 9.17) is 4.42 Å². The molecule has 8 nitrogen and oxygen atoms in total. The lowest BCUT2D eigenvalue weighted by Crippen LogP contribution is -2.35. The largest absolute Gasteiger partial charge is 0.461 e. The first-order chi connectivity index (χ1) is 12.7. The minimum Gasteiger partial charge on any atom is -0.461 e. The Hall–Kier alpha value is -2.29. The molecule has 9 heteroatoms. The molecular formula is C17H21N5O3S. The molecule has 1 N–H and O–H groups in total. The standard InChI is InChI=1S/C17H21N5O3S/c23-14(21-9-8-18-16(21)24)11-26-17-20-19-15(13-7-4-10-25-13)22(17)12-5-2-1-3-6-12/h4,7,10,12H,1-3,5-6,8-9,11H2,(H,18,24). The van der Waals surface area contributed by atoms with Crippen molar-refractivity contribution < 1.29 is 14.0 Å². The molecular weight excluding hydrogens is 354 g/mol. The number of nitrogens with zero attached hydrogens (tertiary/aromatic N) is 4. The zero-order valence-electron chi connectivity index (χ0n) is 14.4. The summed E-state index contributed by atoms with van der Waals surface area (Å²) in [4.78, 5) is 25.2. The van der Waals surface area contributed by atoms with E-state index in [0.717, 1.165) is 12.8 Å². The van der Waals surface area contributed by atoms with Gasteiger partial charge in [-0.25, -0.2) is 4.79 Å². The van der Waals surface area contributed by atoms with Gasteiger partial charge in [0.15, 0.2) is 10.9 Å². The van der Waals surface area contributed by atoms with Crippen LogP contribution in [0.15, 0.2) is 28.0 Å². The first-order valence-corrected chi connectivity index (χ1v) is 9.92. The molecule has 0 atom stereocenters. The molecule has 2 aliphatic rings. The van der Waals surface area contributed by atoms with Gasteiger partial charge in [0.25, 0.3) is 0 Å². The van der Waals surface area contributed by atoms with E-state index in [0.29, 0.717) is 35.9 Å². The van der Waals surface area contributed by atoms with Crippen molar-refractivity contribution in [1.82, 2.24) is 25.0 Å². The summed E-state index contributed by atoms with van der Waals surface area (Å²) in [5.74, 6) is 1.34. The van der Waals surface area contributed by atoms with Gasteiger partial charge in [-0.1, -0.05) is 31.0 Å². The number of thioether (sulfide) groups is 1. The highest BCUT2D eigenvalue weighted by molar-refractivity contribution is 7.99. The molecule has 26 heavy (non-hydrogen) atoms. The molecule has 2 aromatic heterocycles. The normalized spacial score (nSPS) is 18.3. The fourth-order valence-electron chi connectivity index (χ4n) is 3.53. The summed E-state index contributed by atoms with van der Waals surface area (Å²) < 4.78 is 7.64. The highest BCUT2D eigenvalue weighted by atomic mass is 32.2. The molecule has 1 saturated carbocycles. The molecule has 2 fully saturated rings. The van der Waals surface area contributed by atoms with E-state index in [1.807, 2.05) is 12.1 Å². The van der Waals surface area contributed by atoms with Crippen molar-refractivity contribution in [2.45, 2.75) is 43.3 Å². The van der Waals surface area contributed by atoms with Gasteiger partial charge in [0, 0.05) is 19.1 Å². The van der Waals surface area contributed by atoms with Crippen LogP contribution >= 0.6 is 11.8 Å². The van der Waals surface area contributed by atoms with Crippen LogP contribution in [0.3, 0.4) is 0 Å². The lowest BCUT2D eigenvalue weighted by Gasteiger charge is -2.25. The fraction of sp³-hybridized carbons (Fsp3) is 0.529. The highest BCUT2D eigenvalue weighted by Gasteiger charge is 2.28. The molecule has 1 aliphatic heterocycles. The van der Waals surface area contributed by atoms with E-state index in [2.05, 4.69) is 20.1 Å². The second-order valence-corrected chi connectivity index (χ2v) is 7.45. The molecule has 2 aromatic rings. The van der Waals surface area contributed by atoms with Crippen LogP contribution in [0.2, 0.25) is 0 Å². The van der Waals surface area contributed by atoms with Gasteiger partial charge in [-0.05, 0) is 25.0 Å². The number of carbonyl (C=O) groups excluding carboxylic acids is 2. The maximum absolute atomic E-state index is 12.3. The number of rotatable bonds is 5. The maximum Gasteiger partial charge on any atom is 0.324 e. The number of urea groups is 1. The summed E-state index contributed by atoms with van der Waals surface area (Å²) in [5.41, 5.74) is 0. The second kappa shape index (κ2) is 7.53. The molecule has 3 amide bonds. The zero-order chi connectivity index (χ0) is 17.9. The Balaban J connectivity index is 1.55. The van der Waals surface area contributed by atoms with Crippen molar-refractivity contribution in [1.29, 1.82) is 0 Å². The van der Waals surface area contributed by atoms with Crippen LogP contribution in [0.1, 0.15) is 38.1 Å². The molecule has 0 spiro atoms. The number of aromatic nitrogens is 3. The quantitative estimate of drug-likeness (QED) is 0.808. The number of furan rings is 1. The third-order valence-corrected chi connectivity index (χ3v) is 5.76. The molecule has 0 aromatic carbocycles. The van der Waals surface area contributed by atoms with E-state index < -0.39 is 0 Å². The van der Waals surface area contributed by atoms with Crippen molar-refractivity contribution in [2.75, 3.05) is 18.8 Å². The number of imide groups is 1. The van der Waals surface area contributed by atoms with Crippen LogP contribution in [-0.4, -0.2) is 50.4 Å². The van der Waals surface area contributed by atoms with Gasteiger partial charge in [0.05, 0.1) is 12.0 Å². The third-order valence-electron chi connectivity index (χ3n) is 4.83. The van der Waals surface area contributed by atoms with Gasteiger partial charge in [-0.15, -0.1) is 10.2 Å². The van der Waals surface area contributed by atoms with Crippen LogP contribution in [-0.2, 0) is 4.79 Å². The van der Waals surface area contributed by atoms with Crippen LogP contribution in [0.25, 0.3) is 11.6 Å². The van der Waals surface area contributed by atoms with Crippen molar-refractivity contribution in [2.24, 2.45) is 0 Å². The first-order valence-electron chi connectivity index (χ1n) is 8.94. The van der Waals surface area contributed by atoms with E-state index in [1.54, 1.807) is 6.26 Å². The topological polar surface area (TPSA) is 93.3 Å². The van der Waals surface area contributed by atoms with Crippen molar-refractivity contribution in [3.63, 3.8) is 0 Å². The van der Waals surface area contributed by atoms with Gasteiger partial charge in [-0.2, -0.15) is 0 Å². The lowest BCUT2D eigenvalue weighted by molar-refractivity contribution is -0.124. The lowest BCUT2D eigenvalue weighted by atomic mass is 9.95. The molecule has 0 radical (unpaired) electrons. The molecule has 0 unspecified atom stereocenters. The number of nitrogens with one attached hydrogen (secondary N) is 1. The van der Waals surface area contributed by atoms with Gasteiger partial charge in [0.1, 0.15) is 0 Å². The first kappa shape index (κ1) is 17.1. The number of hydrogen-bond acceptors (Lipinski definition) is 6. The van der Waals surface area contributed by atoms with Crippen LogP contribution in [0, 0.1) is 0 Å². The van der Waals surface area contributed by atoms with Crippen molar-refractivity contribution in [3.05, 3.63) is 18.4 Å². The Morgan fingerprint density at radius 1 is 1.31 bits per heavy atom. The maximum atomic E-state index is 12.3. The fourth-order valence-corrected chi connectivity index (χ4v) is 4.41. The molecule has 1 aliphatic carbocycles. The SMILES string of the molecule is O=C(CSc1nnc(-c2ccco2)n1C1CCCCC1)N1CCNC1=O. The van der Waals surface area contributed by atoms with Crippen LogP contribution in [0.4, 0.5) is 4.79 Å². The minimum absolute atomic E-state index is 0.163. The summed E-state index contributed by atoms with van der Waals surface area (Å²) in [6.45, 7) is 0.932. The Kier molecular flexibility index (Phi) is 4.96. The third kappa shape index (κ3) is 3.35. The van der Waals surface area contributed by atoms with Crippen molar-refractivity contribution >= 4 is 23.7 Å². The summed E-state index contributed by atoms with van der Waals surface area (Å²) >= 11 is 1.33. The summed E-state index contributed by atoms with van der Waals surface area (Å²) in [6.07, 6.45) is 7.37. The van der Waals surface area contributed by atoms with Gasteiger partial charge < -0.3 is 9.73 Å². The van der Waals surface area contributed by atoms with E-state index in [9.17, 15) is 9.59 Å². The Bertz CT molecular complexity index is 782. The smallest absolute Gasteiger partial charge is 0.324 e. The number of hydrogen-bond donors (Lipinski definition) is 1. The summed E-state index contributed by atoms with van der Waals surface area (Å²) in [7, 11) is 0.